The van der Waals surface area contributed by atoms with Gasteiger partial charge in [-0.2, -0.15) is 0 Å². The van der Waals surface area contributed by atoms with E-state index in [-0.39, 0.29) is 12.4 Å². The van der Waals surface area contributed by atoms with Gasteiger partial charge in [0.1, 0.15) is 5.60 Å². The van der Waals surface area contributed by atoms with Gasteiger partial charge >= 0.3 is 6.09 Å². The van der Waals surface area contributed by atoms with Crippen LogP contribution in [0.4, 0.5) is 25.2 Å². The van der Waals surface area contributed by atoms with Gasteiger partial charge in [0.25, 0.3) is 0 Å². The molecule has 0 aliphatic heterocycles. The molecule has 8 heteroatoms. The zero-order chi connectivity index (χ0) is 16.0. The molecule has 0 atom stereocenters. The number of carbonyl (C=O) groups excluding carboxylic acids is 1. The van der Waals surface area contributed by atoms with Crippen LogP contribution in [0.15, 0.2) is 6.07 Å². The van der Waals surface area contributed by atoms with Gasteiger partial charge in [-0.05, 0) is 20.8 Å². The molecule has 1 aromatic heterocycles. The summed E-state index contributed by atoms with van der Waals surface area (Å²) in [5, 5.41) is 4.77. The molecule has 0 saturated heterocycles. The highest BCUT2D eigenvalue weighted by atomic mass is 19.1. The van der Waals surface area contributed by atoms with Crippen molar-refractivity contribution in [1.29, 1.82) is 0 Å². The molecule has 6 nitrogen and oxygen atoms in total. The average molecular weight is 303 g/mol. The monoisotopic (exact) mass is 303 g/mol. The summed E-state index contributed by atoms with van der Waals surface area (Å²) >= 11 is 0. The number of methoxy groups -OCH3 is 1. The molecule has 0 saturated carbocycles. The van der Waals surface area contributed by atoms with Gasteiger partial charge in [0.05, 0.1) is 6.61 Å². The largest absolute Gasteiger partial charge is 0.444 e. The first-order valence-electron chi connectivity index (χ1n) is 6.32. The van der Waals surface area contributed by atoms with E-state index in [0.29, 0.717) is 12.7 Å². The standard InChI is InChI=1S/C13H19F2N3O3/c1-13(2,3)21-12(19)18-11-9(15)7-8(14)10(17-11)16-5-6-20-4/h7H,5-6H2,1-4H3,(H2,16,17,18,19). The lowest BCUT2D eigenvalue weighted by molar-refractivity contribution is 0.0634. The van der Waals surface area contributed by atoms with Crippen LogP contribution in [-0.2, 0) is 9.47 Å². The van der Waals surface area contributed by atoms with E-state index in [9.17, 15) is 13.6 Å². The molecule has 0 fully saturated rings. The average Bonchev–Trinajstić information content (AvgIpc) is 2.32. The fourth-order valence-corrected chi connectivity index (χ4v) is 1.35. The molecule has 0 aromatic carbocycles. The van der Waals surface area contributed by atoms with Crippen LogP contribution in [0.25, 0.3) is 0 Å². The Balaban J connectivity index is 2.82. The van der Waals surface area contributed by atoms with Crippen molar-refractivity contribution in [3.8, 4) is 0 Å². The molecule has 0 spiro atoms. The van der Waals surface area contributed by atoms with E-state index in [2.05, 4.69) is 15.6 Å². The van der Waals surface area contributed by atoms with Crippen LogP contribution >= 0.6 is 0 Å². The van der Waals surface area contributed by atoms with Crippen LogP contribution in [0, 0.1) is 11.6 Å². The quantitative estimate of drug-likeness (QED) is 0.818. The Morgan fingerprint density at radius 3 is 2.48 bits per heavy atom. The molecule has 0 bridgehead atoms. The predicted molar refractivity (Wildman–Crippen MR) is 74.4 cm³/mol. The summed E-state index contributed by atoms with van der Waals surface area (Å²) in [4.78, 5) is 15.2. The zero-order valence-electron chi connectivity index (χ0n) is 12.4. The minimum absolute atomic E-state index is 0.181. The number of nitrogens with one attached hydrogen (secondary N) is 2. The van der Waals surface area contributed by atoms with Gasteiger partial charge in [-0.1, -0.05) is 0 Å². The lowest BCUT2D eigenvalue weighted by atomic mass is 10.2. The van der Waals surface area contributed by atoms with Gasteiger partial charge < -0.3 is 14.8 Å². The Bertz CT molecular complexity index is 504. The Labute approximate surface area is 121 Å². The highest BCUT2D eigenvalue weighted by Gasteiger charge is 2.19. The smallest absolute Gasteiger partial charge is 0.413 e. The maximum absolute atomic E-state index is 13.6. The normalized spacial score (nSPS) is 11.1. The van der Waals surface area contributed by atoms with Gasteiger partial charge in [-0.15, -0.1) is 0 Å². The molecule has 0 aliphatic rings. The highest BCUT2D eigenvalue weighted by molar-refractivity contribution is 5.84. The van der Waals surface area contributed by atoms with Crippen molar-refractivity contribution >= 4 is 17.7 Å². The molecule has 1 heterocycles. The maximum Gasteiger partial charge on any atom is 0.413 e. The molecular weight excluding hydrogens is 284 g/mol. The first-order valence-corrected chi connectivity index (χ1v) is 6.32. The summed E-state index contributed by atoms with van der Waals surface area (Å²) in [6.07, 6.45) is -0.872. The Kier molecular flexibility index (Phi) is 5.83. The summed E-state index contributed by atoms with van der Waals surface area (Å²) < 4.78 is 36.9. The number of hydrogen-bond donors (Lipinski definition) is 2. The van der Waals surface area contributed by atoms with Gasteiger partial charge in [0.2, 0.25) is 0 Å². The first-order chi connectivity index (χ1) is 9.73. The third-order valence-corrected chi connectivity index (χ3v) is 2.15. The van der Waals surface area contributed by atoms with Crippen molar-refractivity contribution < 1.29 is 23.0 Å². The molecule has 1 aromatic rings. The van der Waals surface area contributed by atoms with Crippen LogP contribution < -0.4 is 10.6 Å². The topological polar surface area (TPSA) is 72.5 Å². The van der Waals surface area contributed by atoms with E-state index >= 15 is 0 Å². The number of pyridine rings is 1. The van der Waals surface area contributed by atoms with Crippen molar-refractivity contribution in [1.82, 2.24) is 4.98 Å². The van der Waals surface area contributed by atoms with Gasteiger partial charge in [0.15, 0.2) is 23.3 Å². The van der Waals surface area contributed by atoms with E-state index in [1.807, 2.05) is 0 Å². The van der Waals surface area contributed by atoms with Crippen molar-refractivity contribution in [3.63, 3.8) is 0 Å². The molecule has 0 aliphatic carbocycles. The molecule has 21 heavy (non-hydrogen) atoms. The van der Waals surface area contributed by atoms with E-state index in [1.165, 1.54) is 7.11 Å². The van der Waals surface area contributed by atoms with E-state index < -0.39 is 29.1 Å². The lowest BCUT2D eigenvalue weighted by Gasteiger charge is -2.19. The summed E-state index contributed by atoms with van der Waals surface area (Å²) in [5.74, 6) is -2.45. The molecule has 0 radical (unpaired) electrons. The number of rotatable bonds is 5. The van der Waals surface area contributed by atoms with Crippen LogP contribution in [0.3, 0.4) is 0 Å². The van der Waals surface area contributed by atoms with Crippen LogP contribution in [0.5, 0.6) is 0 Å². The van der Waals surface area contributed by atoms with Crippen LogP contribution in [-0.4, -0.2) is 36.9 Å². The van der Waals surface area contributed by atoms with Crippen molar-refractivity contribution in [2.45, 2.75) is 26.4 Å². The number of carbonyl (C=O) groups is 1. The number of halogens is 2. The molecule has 1 amide bonds. The third kappa shape index (κ3) is 5.90. The minimum Gasteiger partial charge on any atom is -0.444 e. The number of hydrogen-bond acceptors (Lipinski definition) is 5. The zero-order valence-corrected chi connectivity index (χ0v) is 12.4. The number of anilines is 2. The van der Waals surface area contributed by atoms with Crippen LogP contribution in [0.2, 0.25) is 0 Å². The summed E-state index contributed by atoms with van der Waals surface area (Å²) in [7, 11) is 1.49. The molecular formula is C13H19F2N3O3. The van der Waals surface area contributed by atoms with Gasteiger partial charge in [0, 0.05) is 19.7 Å². The van der Waals surface area contributed by atoms with Gasteiger partial charge in [-0.25, -0.2) is 18.6 Å². The van der Waals surface area contributed by atoms with E-state index in [0.717, 1.165) is 0 Å². The van der Waals surface area contributed by atoms with E-state index in [1.54, 1.807) is 20.8 Å². The second kappa shape index (κ2) is 7.16. The predicted octanol–water partition coefficient (Wildman–Crippen LogP) is 2.77. The fourth-order valence-electron chi connectivity index (χ4n) is 1.35. The fraction of sp³-hybridized carbons (Fsp3) is 0.538. The number of aromatic nitrogens is 1. The molecule has 1 rings (SSSR count). The molecule has 2 N–H and O–H groups in total. The molecule has 118 valence electrons. The summed E-state index contributed by atoms with van der Waals surface area (Å²) in [6, 6.07) is 0.634. The van der Waals surface area contributed by atoms with Crippen molar-refractivity contribution in [2.75, 3.05) is 30.9 Å². The van der Waals surface area contributed by atoms with E-state index in [4.69, 9.17) is 9.47 Å². The Morgan fingerprint density at radius 2 is 1.90 bits per heavy atom. The third-order valence-electron chi connectivity index (χ3n) is 2.15. The second-order valence-corrected chi connectivity index (χ2v) is 5.20. The van der Waals surface area contributed by atoms with Gasteiger partial charge in [-0.3, -0.25) is 5.32 Å². The second-order valence-electron chi connectivity index (χ2n) is 5.20. The number of amides is 1. The Hall–Kier alpha value is -1.96. The Morgan fingerprint density at radius 1 is 1.29 bits per heavy atom. The first kappa shape index (κ1) is 17.1. The SMILES string of the molecule is COCCNc1nc(NC(=O)OC(C)(C)C)c(F)cc1F. The van der Waals surface area contributed by atoms with Crippen LogP contribution in [0.1, 0.15) is 20.8 Å². The highest BCUT2D eigenvalue weighted by Crippen LogP contribution is 2.19. The lowest BCUT2D eigenvalue weighted by Crippen LogP contribution is -2.28. The minimum atomic E-state index is -0.990. The molecule has 0 unspecified atom stereocenters. The summed E-state index contributed by atoms with van der Waals surface area (Å²) in [5.41, 5.74) is -0.736. The number of ether oxygens (including phenoxy) is 2. The van der Waals surface area contributed by atoms with Crippen molar-refractivity contribution in [2.24, 2.45) is 0 Å². The maximum atomic E-state index is 13.6. The number of nitrogens with zero attached hydrogens (tertiary/aromatic N) is 1. The summed E-state index contributed by atoms with van der Waals surface area (Å²) in [6.45, 7) is 5.61. The van der Waals surface area contributed by atoms with Crippen molar-refractivity contribution in [3.05, 3.63) is 17.7 Å².